The average molecular weight is 83.1 g/mol. The summed E-state index contributed by atoms with van der Waals surface area (Å²) in [5.41, 5.74) is 0. The number of carbonyl (C=O) groups excluding carboxylic acids is 1. The zero-order valence-corrected chi connectivity index (χ0v) is 3.29. The van der Waals surface area contributed by atoms with Crippen molar-refractivity contribution in [3.05, 3.63) is 12.3 Å². The van der Waals surface area contributed by atoms with Gasteiger partial charge in [-0.2, -0.15) is 0 Å². The molecule has 0 amide bonds. The lowest BCUT2D eigenvalue weighted by Crippen LogP contribution is -1.52. The molecule has 0 aromatic carbocycles. The Bertz CT molecular complexity index is 65.6. The smallest absolute Gasteiger partial charge is 0.144 e. The summed E-state index contributed by atoms with van der Waals surface area (Å²) in [6, 6.07) is 0. The number of carbonyl (C=O) groups is 1. The highest BCUT2D eigenvalue weighted by molar-refractivity contribution is 5.64. The summed E-state index contributed by atoms with van der Waals surface area (Å²) in [5, 5.41) is 0. The molecule has 0 aromatic heterocycles. The average Bonchev–Trinajstić information content (AvgIpc) is 1.61. The first kappa shape index (κ1) is 5.08. The number of aliphatic imine (C=N–C) groups is 1. The zero-order chi connectivity index (χ0) is 4.83. The van der Waals surface area contributed by atoms with Crippen molar-refractivity contribution in [2.45, 2.75) is 0 Å². The summed E-state index contributed by atoms with van der Waals surface area (Å²) in [5.74, 6) is 0. The SMILES string of the molecule is C=N/C=C/C=O. The van der Waals surface area contributed by atoms with E-state index in [9.17, 15) is 4.79 Å². The maximum Gasteiger partial charge on any atom is 0.144 e. The van der Waals surface area contributed by atoms with Crippen LogP contribution in [0.2, 0.25) is 0 Å². The van der Waals surface area contributed by atoms with E-state index in [1.807, 2.05) is 0 Å². The fraction of sp³-hybridized carbons (Fsp3) is 0. The lowest BCUT2D eigenvalue weighted by molar-refractivity contribution is -0.104. The molecule has 0 radical (unpaired) electrons. The van der Waals surface area contributed by atoms with Gasteiger partial charge in [0.15, 0.2) is 0 Å². The number of hydrogen-bond acceptors (Lipinski definition) is 2. The van der Waals surface area contributed by atoms with Crippen molar-refractivity contribution < 1.29 is 4.79 Å². The highest BCUT2D eigenvalue weighted by Crippen LogP contribution is 1.61. The second kappa shape index (κ2) is 4.08. The van der Waals surface area contributed by atoms with Crippen molar-refractivity contribution in [3.8, 4) is 0 Å². The molecule has 0 atom stereocenters. The van der Waals surface area contributed by atoms with Gasteiger partial charge in [-0.15, -0.1) is 0 Å². The maximum absolute atomic E-state index is 9.39. The Hall–Kier alpha value is -0.920. The largest absolute Gasteiger partial charge is 0.299 e. The van der Waals surface area contributed by atoms with Crippen LogP contribution in [-0.2, 0) is 4.79 Å². The van der Waals surface area contributed by atoms with E-state index in [0.29, 0.717) is 6.29 Å². The molecule has 2 heteroatoms. The van der Waals surface area contributed by atoms with E-state index in [2.05, 4.69) is 11.7 Å². The van der Waals surface area contributed by atoms with Gasteiger partial charge in [-0.05, 0) is 12.8 Å². The van der Waals surface area contributed by atoms with Gasteiger partial charge in [0.25, 0.3) is 0 Å². The van der Waals surface area contributed by atoms with E-state index >= 15 is 0 Å². The van der Waals surface area contributed by atoms with Crippen molar-refractivity contribution in [2.24, 2.45) is 4.99 Å². The number of hydrogen-bond donors (Lipinski definition) is 0. The van der Waals surface area contributed by atoms with Crippen LogP contribution in [0, 0.1) is 0 Å². The first-order chi connectivity index (χ1) is 2.91. The molecule has 6 heavy (non-hydrogen) atoms. The minimum atomic E-state index is 0.648. The molecule has 0 spiro atoms. The van der Waals surface area contributed by atoms with Crippen molar-refractivity contribution in [1.82, 2.24) is 0 Å². The Morgan fingerprint density at radius 2 is 2.33 bits per heavy atom. The fourth-order valence-electron chi connectivity index (χ4n) is 0.0960. The summed E-state index contributed by atoms with van der Waals surface area (Å²) in [6.07, 6.45) is 3.24. The summed E-state index contributed by atoms with van der Waals surface area (Å²) >= 11 is 0. The van der Waals surface area contributed by atoms with Crippen LogP contribution in [0.3, 0.4) is 0 Å². The maximum atomic E-state index is 9.39. The fourth-order valence-corrected chi connectivity index (χ4v) is 0.0960. The van der Waals surface area contributed by atoms with Gasteiger partial charge in [-0.25, -0.2) is 0 Å². The second-order valence-corrected chi connectivity index (χ2v) is 0.660. The van der Waals surface area contributed by atoms with Crippen LogP contribution in [0.4, 0.5) is 0 Å². The molecule has 2 nitrogen and oxygen atoms in total. The molecular weight excluding hydrogens is 78.0 g/mol. The van der Waals surface area contributed by atoms with Crippen molar-refractivity contribution in [3.63, 3.8) is 0 Å². The van der Waals surface area contributed by atoms with Crippen LogP contribution >= 0.6 is 0 Å². The third-order valence-electron chi connectivity index (χ3n) is 0.270. The van der Waals surface area contributed by atoms with Crippen LogP contribution in [-0.4, -0.2) is 13.0 Å². The zero-order valence-electron chi connectivity index (χ0n) is 3.29. The van der Waals surface area contributed by atoms with Crippen LogP contribution < -0.4 is 0 Å². The third-order valence-corrected chi connectivity index (χ3v) is 0.270. The molecule has 0 heterocycles. The van der Waals surface area contributed by atoms with Gasteiger partial charge in [0.05, 0.1) is 0 Å². The molecular formula is C4H5NO. The van der Waals surface area contributed by atoms with Gasteiger partial charge in [-0.3, -0.25) is 9.79 Å². The molecule has 32 valence electrons. The van der Waals surface area contributed by atoms with E-state index in [-0.39, 0.29) is 0 Å². The molecule has 0 aliphatic carbocycles. The van der Waals surface area contributed by atoms with Crippen LogP contribution in [0.15, 0.2) is 17.3 Å². The van der Waals surface area contributed by atoms with Crippen molar-refractivity contribution in [1.29, 1.82) is 0 Å². The van der Waals surface area contributed by atoms with E-state index in [1.54, 1.807) is 0 Å². The molecule has 0 aromatic rings. The van der Waals surface area contributed by atoms with E-state index in [0.717, 1.165) is 0 Å². The Kier molecular flexibility index (Phi) is 3.45. The van der Waals surface area contributed by atoms with Crippen LogP contribution in [0.25, 0.3) is 0 Å². The topological polar surface area (TPSA) is 29.4 Å². The highest BCUT2D eigenvalue weighted by atomic mass is 16.1. The molecule has 0 aliphatic rings. The van der Waals surface area contributed by atoms with Crippen molar-refractivity contribution >= 4 is 13.0 Å². The molecule has 0 rings (SSSR count). The van der Waals surface area contributed by atoms with Gasteiger partial charge >= 0.3 is 0 Å². The number of aldehydes is 1. The van der Waals surface area contributed by atoms with Gasteiger partial charge in [0.1, 0.15) is 6.29 Å². The molecule has 0 saturated carbocycles. The quantitative estimate of drug-likeness (QED) is 0.270. The second-order valence-electron chi connectivity index (χ2n) is 0.660. The van der Waals surface area contributed by atoms with E-state index in [4.69, 9.17) is 0 Å². The third kappa shape index (κ3) is 3.08. The standard InChI is InChI=1S/C4H5NO/c1-5-3-2-4-6/h2-4H,1H2/b3-2+. The minimum absolute atomic E-state index is 0.648. The number of allylic oxidation sites excluding steroid dienone is 1. The van der Waals surface area contributed by atoms with Crippen LogP contribution in [0.1, 0.15) is 0 Å². The van der Waals surface area contributed by atoms with Crippen molar-refractivity contribution in [2.75, 3.05) is 0 Å². The lowest BCUT2D eigenvalue weighted by Gasteiger charge is -1.58. The van der Waals surface area contributed by atoms with E-state index < -0.39 is 0 Å². The highest BCUT2D eigenvalue weighted by Gasteiger charge is 1.52. The predicted octanol–water partition coefficient (Wildman–Crippen LogP) is 0.400. The lowest BCUT2D eigenvalue weighted by atomic mass is 10.7. The summed E-state index contributed by atoms with van der Waals surface area (Å²) in [7, 11) is 0. The monoisotopic (exact) mass is 83.0 g/mol. The summed E-state index contributed by atoms with van der Waals surface area (Å²) in [4.78, 5) is 12.7. The molecule has 0 bridgehead atoms. The normalized spacial score (nSPS) is 8.67. The van der Waals surface area contributed by atoms with Gasteiger partial charge in [0, 0.05) is 6.20 Å². The Labute approximate surface area is 36.2 Å². The van der Waals surface area contributed by atoms with Gasteiger partial charge < -0.3 is 0 Å². The predicted molar refractivity (Wildman–Crippen MR) is 24.8 cm³/mol. The summed E-state index contributed by atoms with van der Waals surface area (Å²) < 4.78 is 0. The number of rotatable bonds is 2. The molecule has 0 N–H and O–H groups in total. The first-order valence-electron chi connectivity index (χ1n) is 1.48. The molecule has 0 aliphatic heterocycles. The molecule has 0 fully saturated rings. The molecule has 0 saturated heterocycles. The van der Waals surface area contributed by atoms with E-state index in [1.165, 1.54) is 12.3 Å². The number of nitrogens with zero attached hydrogens (tertiary/aromatic N) is 1. The Morgan fingerprint density at radius 3 is 2.50 bits per heavy atom. The first-order valence-corrected chi connectivity index (χ1v) is 1.48. The van der Waals surface area contributed by atoms with Gasteiger partial charge in [-0.1, -0.05) is 0 Å². The minimum Gasteiger partial charge on any atom is -0.299 e. The van der Waals surface area contributed by atoms with Crippen LogP contribution in [0.5, 0.6) is 0 Å². The Morgan fingerprint density at radius 1 is 1.67 bits per heavy atom. The molecule has 0 unspecified atom stereocenters. The summed E-state index contributed by atoms with van der Waals surface area (Å²) in [6.45, 7) is 3.10. The van der Waals surface area contributed by atoms with Gasteiger partial charge in [0.2, 0.25) is 0 Å². The Balaban J connectivity index is 3.17.